The molecule has 0 aliphatic rings. The van der Waals surface area contributed by atoms with Gasteiger partial charge in [0.2, 0.25) is 0 Å². The van der Waals surface area contributed by atoms with Gasteiger partial charge in [-0.2, -0.15) is 0 Å². The van der Waals surface area contributed by atoms with Crippen molar-refractivity contribution in [2.24, 2.45) is 5.92 Å². The summed E-state index contributed by atoms with van der Waals surface area (Å²) in [5.41, 5.74) is 0. The normalized spacial score (nSPS) is 9.88. The van der Waals surface area contributed by atoms with Gasteiger partial charge in [0.1, 0.15) is 5.78 Å². The first-order valence-corrected chi connectivity index (χ1v) is 6.61. The number of carbonyl (C=O) groups excluding carboxylic acids is 1. The minimum absolute atomic E-state index is 0.287. The van der Waals surface area contributed by atoms with Gasteiger partial charge in [-0.15, -0.1) is 0 Å². The van der Waals surface area contributed by atoms with Crippen molar-refractivity contribution in [2.75, 3.05) is 13.2 Å². The first-order valence-electron chi connectivity index (χ1n) is 6.61. The Morgan fingerprint density at radius 3 is 1.69 bits per heavy atom. The van der Waals surface area contributed by atoms with E-state index < -0.39 is 0 Å². The summed E-state index contributed by atoms with van der Waals surface area (Å²) in [6.07, 6.45) is 5.63. The van der Waals surface area contributed by atoms with Gasteiger partial charge in [-0.25, -0.2) is 0 Å². The number of ether oxygens (including phenoxy) is 1. The maximum atomic E-state index is 10.3. The summed E-state index contributed by atoms with van der Waals surface area (Å²) in [7, 11) is 0. The number of carbonyl (C=O) groups is 1. The molecule has 0 saturated carbocycles. The molecule has 0 fully saturated rings. The van der Waals surface area contributed by atoms with Crippen LogP contribution in [0.25, 0.3) is 0 Å². The average molecular weight is 230 g/mol. The molecule has 0 bridgehead atoms. The Bertz CT molecular complexity index is 136. The topological polar surface area (TPSA) is 26.3 Å². The van der Waals surface area contributed by atoms with Crippen LogP contribution in [-0.4, -0.2) is 19.0 Å². The molecule has 2 heteroatoms. The van der Waals surface area contributed by atoms with Crippen LogP contribution in [0.1, 0.15) is 66.7 Å². The number of Topliss-reactive ketones (excluding diaryl/α,β-unsaturated/α-hetero) is 1. The van der Waals surface area contributed by atoms with E-state index in [0.717, 1.165) is 19.6 Å². The van der Waals surface area contributed by atoms with Gasteiger partial charge in [-0.1, -0.05) is 40.5 Å². The number of ketones is 1. The van der Waals surface area contributed by atoms with E-state index in [1.165, 1.54) is 25.7 Å². The Balaban J connectivity index is 0. The van der Waals surface area contributed by atoms with Crippen molar-refractivity contribution in [1.82, 2.24) is 0 Å². The lowest BCUT2D eigenvalue weighted by Gasteiger charge is -1.99. The van der Waals surface area contributed by atoms with E-state index in [9.17, 15) is 4.79 Å². The predicted octanol–water partition coefficient (Wildman–Crippen LogP) is 4.22. The molecule has 0 rings (SSSR count). The lowest BCUT2D eigenvalue weighted by molar-refractivity contribution is -0.117. The van der Waals surface area contributed by atoms with Crippen molar-refractivity contribution >= 4 is 5.78 Å². The Morgan fingerprint density at radius 2 is 1.50 bits per heavy atom. The highest BCUT2D eigenvalue weighted by atomic mass is 16.5. The van der Waals surface area contributed by atoms with Crippen molar-refractivity contribution in [2.45, 2.75) is 66.7 Å². The molecule has 98 valence electrons. The van der Waals surface area contributed by atoms with Crippen molar-refractivity contribution in [3.63, 3.8) is 0 Å². The van der Waals surface area contributed by atoms with Crippen molar-refractivity contribution in [3.8, 4) is 0 Å². The first-order chi connectivity index (χ1) is 7.54. The van der Waals surface area contributed by atoms with Crippen molar-refractivity contribution < 1.29 is 9.53 Å². The number of unbranched alkanes of at least 4 members (excludes halogenated alkanes) is 2. The van der Waals surface area contributed by atoms with Gasteiger partial charge in [-0.3, -0.25) is 0 Å². The zero-order chi connectivity index (χ0) is 12.8. The number of hydrogen-bond donors (Lipinski definition) is 0. The van der Waals surface area contributed by atoms with Gasteiger partial charge in [0, 0.05) is 19.6 Å². The Morgan fingerprint density at radius 1 is 1.06 bits per heavy atom. The van der Waals surface area contributed by atoms with E-state index in [-0.39, 0.29) is 5.78 Å². The van der Waals surface area contributed by atoms with E-state index in [0.29, 0.717) is 5.92 Å². The zero-order valence-corrected chi connectivity index (χ0v) is 11.8. The standard InChI is InChI=1S/C8H18O.C6H12O/c1-3-5-7-9-8-6-4-2;1-5(2)4-6(3)7/h3-8H2,1-2H3;5H,4H2,1-3H3. The molecule has 2 nitrogen and oxygen atoms in total. The van der Waals surface area contributed by atoms with Crippen LogP contribution in [0.4, 0.5) is 0 Å². The summed E-state index contributed by atoms with van der Waals surface area (Å²) in [6, 6.07) is 0. The summed E-state index contributed by atoms with van der Waals surface area (Å²) >= 11 is 0. The average Bonchev–Trinajstić information content (AvgIpc) is 2.16. The summed E-state index contributed by atoms with van der Waals surface area (Å²) < 4.78 is 5.31. The first kappa shape index (κ1) is 18.0. The molecular weight excluding hydrogens is 200 g/mol. The summed E-state index contributed by atoms with van der Waals surface area (Å²) in [6.45, 7) is 12.0. The molecule has 0 aromatic heterocycles. The third kappa shape index (κ3) is 23.4. The van der Waals surface area contributed by atoms with E-state index in [1.54, 1.807) is 6.92 Å². The van der Waals surface area contributed by atoms with Crippen molar-refractivity contribution in [1.29, 1.82) is 0 Å². The Hall–Kier alpha value is -0.370. The van der Waals surface area contributed by atoms with Crippen LogP contribution in [0, 0.1) is 5.92 Å². The molecule has 0 aliphatic carbocycles. The Kier molecular flexibility index (Phi) is 16.5. The van der Waals surface area contributed by atoms with Gasteiger partial charge in [-0.05, 0) is 25.7 Å². The molecule has 0 amide bonds. The highest BCUT2D eigenvalue weighted by Gasteiger charge is 1.95. The molecular formula is C14H30O2. The second kappa shape index (κ2) is 14.6. The van der Waals surface area contributed by atoms with E-state index in [2.05, 4.69) is 13.8 Å². The fraction of sp³-hybridized carbons (Fsp3) is 0.929. The molecule has 0 aliphatic heterocycles. The highest BCUT2D eigenvalue weighted by molar-refractivity contribution is 5.75. The predicted molar refractivity (Wildman–Crippen MR) is 70.8 cm³/mol. The van der Waals surface area contributed by atoms with Gasteiger partial charge in [0.05, 0.1) is 0 Å². The van der Waals surface area contributed by atoms with Crippen LogP contribution in [0.2, 0.25) is 0 Å². The minimum atomic E-state index is 0.287. The van der Waals surface area contributed by atoms with Crippen LogP contribution in [-0.2, 0) is 9.53 Å². The largest absolute Gasteiger partial charge is 0.381 e. The van der Waals surface area contributed by atoms with Gasteiger partial charge in [0.25, 0.3) is 0 Å². The zero-order valence-electron chi connectivity index (χ0n) is 11.8. The molecule has 0 aromatic carbocycles. The molecule has 0 spiro atoms. The highest BCUT2D eigenvalue weighted by Crippen LogP contribution is 1.97. The van der Waals surface area contributed by atoms with Crippen LogP contribution >= 0.6 is 0 Å². The van der Waals surface area contributed by atoms with Gasteiger partial charge in [0.15, 0.2) is 0 Å². The SMILES string of the molecule is CC(=O)CC(C)C.CCCCOCCCC. The summed E-state index contributed by atoms with van der Waals surface area (Å²) in [5.74, 6) is 0.813. The quantitative estimate of drug-likeness (QED) is 0.583. The van der Waals surface area contributed by atoms with E-state index in [1.807, 2.05) is 13.8 Å². The third-order valence-corrected chi connectivity index (χ3v) is 1.98. The van der Waals surface area contributed by atoms with Crippen LogP contribution in [0.15, 0.2) is 0 Å². The number of hydrogen-bond acceptors (Lipinski definition) is 2. The smallest absolute Gasteiger partial charge is 0.130 e. The summed E-state index contributed by atoms with van der Waals surface area (Å²) in [4.78, 5) is 10.3. The van der Waals surface area contributed by atoms with Gasteiger partial charge >= 0.3 is 0 Å². The molecule has 0 radical (unpaired) electrons. The van der Waals surface area contributed by atoms with Crippen molar-refractivity contribution in [3.05, 3.63) is 0 Å². The maximum absolute atomic E-state index is 10.3. The Labute approximate surface area is 102 Å². The lowest BCUT2D eigenvalue weighted by Crippen LogP contribution is -1.95. The molecule has 0 unspecified atom stereocenters. The number of rotatable bonds is 8. The fourth-order valence-electron chi connectivity index (χ4n) is 1.17. The third-order valence-electron chi connectivity index (χ3n) is 1.98. The van der Waals surface area contributed by atoms with E-state index in [4.69, 9.17) is 4.74 Å². The van der Waals surface area contributed by atoms with Crippen LogP contribution in [0.3, 0.4) is 0 Å². The summed E-state index contributed by atoms with van der Waals surface area (Å²) in [5, 5.41) is 0. The molecule has 0 atom stereocenters. The monoisotopic (exact) mass is 230 g/mol. The second-order valence-electron chi connectivity index (χ2n) is 4.62. The fourth-order valence-corrected chi connectivity index (χ4v) is 1.17. The van der Waals surface area contributed by atoms with E-state index >= 15 is 0 Å². The van der Waals surface area contributed by atoms with Crippen LogP contribution in [0.5, 0.6) is 0 Å². The molecule has 0 saturated heterocycles. The lowest BCUT2D eigenvalue weighted by atomic mass is 10.1. The second-order valence-corrected chi connectivity index (χ2v) is 4.62. The maximum Gasteiger partial charge on any atom is 0.130 e. The van der Waals surface area contributed by atoms with Crippen LogP contribution < -0.4 is 0 Å². The molecule has 0 aromatic rings. The molecule has 0 N–H and O–H groups in total. The van der Waals surface area contributed by atoms with Gasteiger partial charge < -0.3 is 9.53 Å². The molecule has 0 heterocycles. The minimum Gasteiger partial charge on any atom is -0.381 e. The molecule has 16 heavy (non-hydrogen) atoms.